The molecule has 4 aromatic rings. The van der Waals surface area contributed by atoms with E-state index in [4.69, 9.17) is 39.9 Å². The number of nitrogen functional groups attached to an aromatic ring is 2. The molecule has 4 rings (SSSR count). The first-order valence-corrected chi connectivity index (χ1v) is 13.7. The van der Waals surface area contributed by atoms with Crippen LogP contribution >= 0.6 is 0 Å². The minimum atomic E-state index is -0.331. The number of esters is 1. The van der Waals surface area contributed by atoms with Crippen LogP contribution in [0.15, 0.2) is 28.9 Å². The molecular formula is C27H36N8O7. The third-order valence-corrected chi connectivity index (χ3v) is 6.11. The summed E-state index contributed by atoms with van der Waals surface area (Å²) in [7, 11) is 0. The number of unbranched alkanes of at least 4 members (excludes halogenated alkanes) is 1. The highest BCUT2D eigenvalue weighted by atomic mass is 16.6. The number of fused-ring (bicyclic) bond motifs is 2. The number of aryl methyl sites for hydroxylation is 1. The van der Waals surface area contributed by atoms with Gasteiger partial charge >= 0.3 is 5.97 Å². The molecule has 0 unspecified atom stereocenters. The predicted molar refractivity (Wildman–Crippen MR) is 153 cm³/mol. The summed E-state index contributed by atoms with van der Waals surface area (Å²) in [5.74, 6) is -0.0691. The van der Waals surface area contributed by atoms with Gasteiger partial charge in [-0.15, -0.1) is 0 Å². The van der Waals surface area contributed by atoms with E-state index in [-0.39, 0.29) is 30.9 Å². The Kier molecular flexibility index (Phi) is 11.4. The van der Waals surface area contributed by atoms with E-state index in [9.17, 15) is 9.59 Å². The number of anilines is 2. The molecule has 0 aliphatic carbocycles. The molecule has 0 saturated heterocycles. The average Bonchev–Trinajstić information content (AvgIpc) is 3.53. The molecule has 0 saturated carbocycles. The molecule has 0 atom stereocenters. The number of rotatable bonds is 18. The van der Waals surface area contributed by atoms with E-state index in [2.05, 4.69) is 20.3 Å². The Morgan fingerprint density at radius 3 is 2.48 bits per heavy atom. The molecule has 42 heavy (non-hydrogen) atoms. The smallest absolute Gasteiger partial charge is 0.302 e. The summed E-state index contributed by atoms with van der Waals surface area (Å²) in [6, 6.07) is 5.59. The van der Waals surface area contributed by atoms with E-state index in [1.807, 2.05) is 12.1 Å². The highest BCUT2D eigenvalue weighted by molar-refractivity contribution is 5.99. The third-order valence-electron chi connectivity index (χ3n) is 6.11. The molecule has 1 amide bonds. The molecule has 15 nitrogen and oxygen atoms in total. The number of hydrogen-bond donors (Lipinski definition) is 3. The number of oxazole rings is 1. The lowest BCUT2D eigenvalue weighted by atomic mass is 10.1. The van der Waals surface area contributed by atoms with Crippen LogP contribution in [-0.2, 0) is 35.1 Å². The highest BCUT2D eigenvalue weighted by Gasteiger charge is 2.18. The summed E-state index contributed by atoms with van der Waals surface area (Å²) in [5, 5.41) is 8.34. The molecule has 1 aromatic carbocycles. The quantitative estimate of drug-likeness (QED) is 0.113. The number of benzene rings is 1. The van der Waals surface area contributed by atoms with Crippen molar-refractivity contribution in [2.75, 3.05) is 64.3 Å². The van der Waals surface area contributed by atoms with Crippen molar-refractivity contribution >= 4 is 45.8 Å². The minimum Gasteiger partial charge on any atom is -0.463 e. The predicted octanol–water partition coefficient (Wildman–Crippen LogP) is 1.70. The van der Waals surface area contributed by atoms with Crippen molar-refractivity contribution in [3.63, 3.8) is 0 Å². The maximum atomic E-state index is 12.1. The van der Waals surface area contributed by atoms with Gasteiger partial charge in [0.25, 0.3) is 6.01 Å². The lowest BCUT2D eigenvalue weighted by Gasteiger charge is -2.08. The number of nitrogens with two attached hydrogens (primary N) is 2. The Morgan fingerprint density at radius 1 is 0.976 bits per heavy atom. The zero-order valence-electron chi connectivity index (χ0n) is 23.5. The fourth-order valence-electron chi connectivity index (χ4n) is 4.13. The van der Waals surface area contributed by atoms with Crippen molar-refractivity contribution in [2.24, 2.45) is 0 Å². The molecule has 226 valence electrons. The van der Waals surface area contributed by atoms with Gasteiger partial charge in [-0.2, -0.15) is 10.1 Å². The van der Waals surface area contributed by atoms with Crippen LogP contribution in [0.3, 0.4) is 0 Å². The van der Waals surface area contributed by atoms with E-state index >= 15 is 0 Å². The molecule has 0 fully saturated rings. The van der Waals surface area contributed by atoms with Gasteiger partial charge in [-0.25, -0.2) is 14.6 Å². The number of carbonyl (C=O) groups excluding carboxylic acids is 2. The number of carbonyl (C=O) groups is 2. The maximum absolute atomic E-state index is 12.1. The van der Waals surface area contributed by atoms with Crippen molar-refractivity contribution in [3.05, 3.63) is 24.5 Å². The molecule has 0 radical (unpaired) electrons. The number of ether oxygens (including phenoxy) is 4. The Balaban J connectivity index is 1.12. The maximum Gasteiger partial charge on any atom is 0.302 e. The second-order valence-electron chi connectivity index (χ2n) is 9.25. The molecule has 0 aliphatic heterocycles. The Labute approximate surface area is 241 Å². The summed E-state index contributed by atoms with van der Waals surface area (Å²) in [5.41, 5.74) is 15.2. The Hall–Kier alpha value is -4.34. The van der Waals surface area contributed by atoms with Crippen LogP contribution in [-0.4, -0.2) is 89.4 Å². The van der Waals surface area contributed by atoms with Gasteiger partial charge in [-0.05, 0) is 31.0 Å². The lowest BCUT2D eigenvalue weighted by Crippen LogP contribution is -2.26. The van der Waals surface area contributed by atoms with Crippen LogP contribution in [0.5, 0.6) is 0 Å². The van der Waals surface area contributed by atoms with Gasteiger partial charge in [0.2, 0.25) is 5.91 Å². The highest BCUT2D eigenvalue weighted by Crippen LogP contribution is 2.32. The number of aromatic nitrogens is 5. The SMILES string of the molecule is CC(=O)OCCOCCOCCOCCC(=O)NCCCCn1nc(-c2ccc3oc(N)nc3c2)c2c(N)ncnc21. The second kappa shape index (κ2) is 15.6. The van der Waals surface area contributed by atoms with Crippen molar-refractivity contribution < 1.29 is 33.0 Å². The van der Waals surface area contributed by atoms with Gasteiger partial charge in [-0.3, -0.25) is 9.59 Å². The summed E-state index contributed by atoms with van der Waals surface area (Å²) in [4.78, 5) is 35.5. The Morgan fingerprint density at radius 2 is 1.71 bits per heavy atom. The Bertz CT molecular complexity index is 1470. The van der Waals surface area contributed by atoms with Crippen LogP contribution < -0.4 is 16.8 Å². The first-order valence-electron chi connectivity index (χ1n) is 13.7. The van der Waals surface area contributed by atoms with Gasteiger partial charge in [0, 0.05) is 32.0 Å². The molecule has 0 aliphatic rings. The number of nitrogens with zero attached hydrogens (tertiary/aromatic N) is 5. The fraction of sp³-hybridized carbons (Fsp3) is 0.481. The van der Waals surface area contributed by atoms with Crippen molar-refractivity contribution in [1.82, 2.24) is 30.0 Å². The molecular weight excluding hydrogens is 548 g/mol. The summed E-state index contributed by atoms with van der Waals surface area (Å²) in [6.07, 6.45) is 3.20. The van der Waals surface area contributed by atoms with E-state index < -0.39 is 0 Å². The summed E-state index contributed by atoms with van der Waals surface area (Å²) in [6.45, 7) is 4.94. The van der Waals surface area contributed by atoms with Crippen molar-refractivity contribution in [1.29, 1.82) is 0 Å². The monoisotopic (exact) mass is 584 g/mol. The van der Waals surface area contributed by atoms with Gasteiger partial charge in [0.15, 0.2) is 11.2 Å². The van der Waals surface area contributed by atoms with Crippen LogP contribution in [0.4, 0.5) is 11.8 Å². The number of hydrogen-bond acceptors (Lipinski definition) is 13. The first-order chi connectivity index (χ1) is 20.4. The van der Waals surface area contributed by atoms with Gasteiger partial charge in [0.05, 0.1) is 45.0 Å². The molecule has 5 N–H and O–H groups in total. The van der Waals surface area contributed by atoms with Crippen molar-refractivity contribution in [3.8, 4) is 11.3 Å². The van der Waals surface area contributed by atoms with E-state index in [1.165, 1.54) is 13.3 Å². The van der Waals surface area contributed by atoms with Crippen molar-refractivity contribution in [2.45, 2.75) is 32.7 Å². The average molecular weight is 585 g/mol. The zero-order chi connectivity index (χ0) is 29.7. The number of nitrogens with one attached hydrogen (secondary N) is 1. The second-order valence-corrected chi connectivity index (χ2v) is 9.25. The van der Waals surface area contributed by atoms with Crippen LogP contribution in [0, 0.1) is 0 Å². The molecule has 3 aromatic heterocycles. The standard InChI is InChI=1S/C27H36N8O7/c1-18(36)41-15-14-40-13-12-39-11-10-38-9-6-22(37)30-7-2-3-8-35-26-23(25(28)31-17-32-26)24(34-35)19-4-5-21-20(16-19)33-27(29)42-21/h4-5,16-17H,2-3,6-15H2,1H3,(H2,29,33)(H,30,37)(H2,28,31,32). The first kappa shape index (κ1) is 30.6. The molecule has 3 heterocycles. The topological polar surface area (TPSA) is 205 Å². The summed E-state index contributed by atoms with van der Waals surface area (Å²) >= 11 is 0. The molecule has 0 bridgehead atoms. The van der Waals surface area contributed by atoms with Crippen LogP contribution in [0.2, 0.25) is 0 Å². The van der Waals surface area contributed by atoms with Gasteiger partial charge in [0.1, 0.15) is 30.0 Å². The fourth-order valence-corrected chi connectivity index (χ4v) is 4.13. The zero-order valence-corrected chi connectivity index (χ0v) is 23.5. The van der Waals surface area contributed by atoms with E-state index in [0.717, 1.165) is 18.4 Å². The van der Waals surface area contributed by atoms with Gasteiger partial charge in [-0.1, -0.05) is 0 Å². The van der Waals surface area contributed by atoms with Crippen LogP contribution in [0.1, 0.15) is 26.2 Å². The van der Waals surface area contributed by atoms with E-state index in [1.54, 1.807) is 10.7 Å². The largest absolute Gasteiger partial charge is 0.463 e. The minimum absolute atomic E-state index is 0.0756. The molecule has 0 spiro atoms. The van der Waals surface area contributed by atoms with E-state index in [0.29, 0.717) is 86.4 Å². The van der Waals surface area contributed by atoms with Gasteiger partial charge < -0.3 is 40.1 Å². The third kappa shape index (κ3) is 8.83. The lowest BCUT2D eigenvalue weighted by molar-refractivity contribution is -0.142. The molecule has 15 heteroatoms. The number of amides is 1. The summed E-state index contributed by atoms with van der Waals surface area (Å²) < 4.78 is 28.0. The normalized spacial score (nSPS) is 11.4. The van der Waals surface area contributed by atoms with Crippen LogP contribution in [0.25, 0.3) is 33.4 Å².